The van der Waals surface area contributed by atoms with Crippen molar-refractivity contribution >= 4 is 17.3 Å². The molecule has 1 aliphatic rings. The molecule has 16 heavy (non-hydrogen) atoms. The maximum Gasteiger partial charge on any atom is 0.274 e. The van der Waals surface area contributed by atoms with E-state index in [1.807, 2.05) is 0 Å². The third kappa shape index (κ3) is 2.33. The smallest absolute Gasteiger partial charge is 0.274 e. The van der Waals surface area contributed by atoms with E-state index in [0.717, 1.165) is 31.5 Å². The number of rotatable bonds is 2. The molecule has 0 amide bonds. The highest BCUT2D eigenvalue weighted by Crippen LogP contribution is 2.34. The van der Waals surface area contributed by atoms with Gasteiger partial charge in [-0.2, -0.15) is 0 Å². The highest BCUT2D eigenvalue weighted by Gasteiger charge is 2.23. The van der Waals surface area contributed by atoms with E-state index in [4.69, 9.17) is 11.6 Å². The minimum absolute atomic E-state index is 0.152. The number of nitrogens with one attached hydrogen (secondary N) is 1. The zero-order valence-corrected chi connectivity index (χ0v) is 9.54. The van der Waals surface area contributed by atoms with Crippen LogP contribution in [0.5, 0.6) is 0 Å². The van der Waals surface area contributed by atoms with Crippen molar-refractivity contribution in [1.82, 2.24) is 5.32 Å². The van der Waals surface area contributed by atoms with Gasteiger partial charge in [0.05, 0.1) is 4.92 Å². The molecule has 1 saturated heterocycles. The second-order valence-electron chi connectivity index (χ2n) is 3.98. The third-order valence-corrected chi connectivity index (χ3v) is 3.20. The zero-order valence-electron chi connectivity index (χ0n) is 8.78. The summed E-state index contributed by atoms with van der Waals surface area (Å²) in [5.74, 6) is 0.277. The van der Waals surface area contributed by atoms with Crippen LogP contribution in [0.3, 0.4) is 0 Å². The lowest BCUT2D eigenvalue weighted by Crippen LogP contribution is -2.26. The SMILES string of the molecule is O=[N+]([O-])c1cc(Cl)ccc1C1CCNCC1. The molecular weight excluding hydrogens is 228 g/mol. The molecule has 1 fully saturated rings. The van der Waals surface area contributed by atoms with Gasteiger partial charge in [0.1, 0.15) is 0 Å². The summed E-state index contributed by atoms with van der Waals surface area (Å²) < 4.78 is 0. The van der Waals surface area contributed by atoms with Crippen LogP contribution in [0.1, 0.15) is 24.3 Å². The van der Waals surface area contributed by atoms with Crippen LogP contribution in [0, 0.1) is 10.1 Å². The van der Waals surface area contributed by atoms with Gasteiger partial charge in [0.15, 0.2) is 0 Å². The van der Waals surface area contributed by atoms with Crippen LogP contribution >= 0.6 is 11.6 Å². The van der Waals surface area contributed by atoms with Crippen molar-refractivity contribution < 1.29 is 4.92 Å². The molecule has 1 aromatic carbocycles. The summed E-state index contributed by atoms with van der Waals surface area (Å²) in [6.07, 6.45) is 1.89. The molecule has 0 atom stereocenters. The van der Waals surface area contributed by atoms with E-state index in [1.165, 1.54) is 6.07 Å². The van der Waals surface area contributed by atoms with Gasteiger partial charge in [-0.25, -0.2) is 0 Å². The van der Waals surface area contributed by atoms with Crippen LogP contribution in [-0.2, 0) is 0 Å². The van der Waals surface area contributed by atoms with Crippen molar-refractivity contribution in [2.24, 2.45) is 0 Å². The van der Waals surface area contributed by atoms with Crippen LogP contribution in [0.15, 0.2) is 18.2 Å². The molecule has 5 heteroatoms. The minimum atomic E-state index is -0.344. The average Bonchev–Trinajstić information content (AvgIpc) is 2.30. The second-order valence-corrected chi connectivity index (χ2v) is 4.42. The number of nitro benzene ring substituents is 1. The molecule has 0 saturated carbocycles. The number of piperidine rings is 1. The summed E-state index contributed by atoms with van der Waals surface area (Å²) in [4.78, 5) is 10.6. The average molecular weight is 241 g/mol. The lowest BCUT2D eigenvalue weighted by molar-refractivity contribution is -0.385. The van der Waals surface area contributed by atoms with Crippen molar-refractivity contribution in [3.63, 3.8) is 0 Å². The Balaban J connectivity index is 2.34. The molecule has 1 aliphatic heterocycles. The summed E-state index contributed by atoms with van der Waals surface area (Å²) in [7, 11) is 0. The molecule has 0 aliphatic carbocycles. The molecule has 0 radical (unpaired) electrons. The Kier molecular flexibility index (Phi) is 3.41. The summed E-state index contributed by atoms with van der Waals surface area (Å²) in [6, 6.07) is 4.96. The largest absolute Gasteiger partial charge is 0.317 e. The molecule has 1 aromatic rings. The lowest BCUT2D eigenvalue weighted by atomic mass is 9.89. The van der Waals surface area contributed by atoms with Crippen molar-refractivity contribution in [3.8, 4) is 0 Å². The van der Waals surface area contributed by atoms with Crippen LogP contribution in [-0.4, -0.2) is 18.0 Å². The van der Waals surface area contributed by atoms with Crippen LogP contribution in [0.25, 0.3) is 0 Å². The number of hydrogen-bond acceptors (Lipinski definition) is 3. The quantitative estimate of drug-likeness (QED) is 0.639. The Labute approximate surface area is 98.8 Å². The lowest BCUT2D eigenvalue weighted by Gasteiger charge is -2.22. The number of hydrogen-bond donors (Lipinski definition) is 1. The van der Waals surface area contributed by atoms with Crippen LogP contribution in [0.2, 0.25) is 5.02 Å². The highest BCUT2D eigenvalue weighted by molar-refractivity contribution is 6.30. The topological polar surface area (TPSA) is 55.2 Å². The Morgan fingerprint density at radius 1 is 1.38 bits per heavy atom. The van der Waals surface area contributed by atoms with Gasteiger partial charge in [0.25, 0.3) is 5.69 Å². The molecule has 1 N–H and O–H groups in total. The van der Waals surface area contributed by atoms with Gasteiger partial charge in [-0.1, -0.05) is 17.7 Å². The predicted molar refractivity (Wildman–Crippen MR) is 63.0 cm³/mol. The van der Waals surface area contributed by atoms with Crippen LogP contribution < -0.4 is 5.32 Å². The fourth-order valence-corrected chi connectivity index (χ4v) is 2.32. The monoisotopic (exact) mass is 240 g/mol. The maximum atomic E-state index is 10.9. The first-order valence-electron chi connectivity index (χ1n) is 5.33. The van der Waals surface area contributed by atoms with E-state index in [-0.39, 0.29) is 16.5 Å². The van der Waals surface area contributed by atoms with Gasteiger partial charge in [-0.05, 0) is 37.9 Å². The van der Waals surface area contributed by atoms with E-state index in [9.17, 15) is 10.1 Å². The summed E-state index contributed by atoms with van der Waals surface area (Å²) in [5.41, 5.74) is 0.968. The molecule has 2 rings (SSSR count). The first-order chi connectivity index (χ1) is 7.68. The van der Waals surface area contributed by atoms with E-state index < -0.39 is 0 Å². The number of halogens is 1. The van der Waals surface area contributed by atoms with Gasteiger partial charge in [0.2, 0.25) is 0 Å². The van der Waals surface area contributed by atoms with Crippen LogP contribution in [0.4, 0.5) is 5.69 Å². The normalized spacial score (nSPS) is 17.3. The number of nitrogens with zero attached hydrogens (tertiary/aromatic N) is 1. The second kappa shape index (κ2) is 4.80. The summed E-state index contributed by atoms with van der Waals surface area (Å²) in [6.45, 7) is 1.84. The van der Waals surface area contributed by atoms with E-state index in [2.05, 4.69) is 5.32 Å². The third-order valence-electron chi connectivity index (χ3n) is 2.97. The fraction of sp³-hybridized carbons (Fsp3) is 0.455. The fourth-order valence-electron chi connectivity index (χ4n) is 2.15. The van der Waals surface area contributed by atoms with Gasteiger partial charge in [0, 0.05) is 16.7 Å². The van der Waals surface area contributed by atoms with Crippen molar-refractivity contribution in [2.75, 3.05) is 13.1 Å². The maximum absolute atomic E-state index is 10.9. The van der Waals surface area contributed by atoms with Gasteiger partial charge >= 0.3 is 0 Å². The predicted octanol–water partition coefficient (Wildman–Crippen LogP) is 2.72. The summed E-state index contributed by atoms with van der Waals surface area (Å²) in [5, 5.41) is 14.6. The first kappa shape index (κ1) is 11.4. The first-order valence-corrected chi connectivity index (χ1v) is 5.71. The Morgan fingerprint density at radius 3 is 2.69 bits per heavy atom. The van der Waals surface area contributed by atoms with E-state index in [0.29, 0.717) is 5.02 Å². The van der Waals surface area contributed by atoms with Crippen molar-refractivity contribution in [1.29, 1.82) is 0 Å². The van der Waals surface area contributed by atoms with Gasteiger partial charge < -0.3 is 5.32 Å². The molecular formula is C11H13ClN2O2. The molecule has 0 aromatic heterocycles. The van der Waals surface area contributed by atoms with Crippen molar-refractivity contribution in [2.45, 2.75) is 18.8 Å². The molecule has 1 heterocycles. The highest BCUT2D eigenvalue weighted by atomic mass is 35.5. The van der Waals surface area contributed by atoms with E-state index in [1.54, 1.807) is 12.1 Å². The number of benzene rings is 1. The molecule has 0 spiro atoms. The molecule has 4 nitrogen and oxygen atoms in total. The van der Waals surface area contributed by atoms with Gasteiger partial charge in [-0.3, -0.25) is 10.1 Å². The van der Waals surface area contributed by atoms with Gasteiger partial charge in [-0.15, -0.1) is 0 Å². The Morgan fingerprint density at radius 2 is 2.06 bits per heavy atom. The zero-order chi connectivity index (χ0) is 11.5. The standard InChI is InChI=1S/C11H13ClN2O2/c12-9-1-2-10(11(7-9)14(15)16)8-3-5-13-6-4-8/h1-2,7-8,13H,3-6H2. The Bertz CT molecular complexity index is 403. The van der Waals surface area contributed by atoms with E-state index >= 15 is 0 Å². The molecule has 86 valence electrons. The molecule has 0 bridgehead atoms. The van der Waals surface area contributed by atoms with Crippen molar-refractivity contribution in [3.05, 3.63) is 38.9 Å². The summed E-state index contributed by atoms with van der Waals surface area (Å²) >= 11 is 5.78. The Hall–Kier alpha value is -1.13. The minimum Gasteiger partial charge on any atom is -0.317 e. The number of nitro groups is 1. The molecule has 0 unspecified atom stereocenters.